The van der Waals surface area contributed by atoms with Crippen LogP contribution in [0.1, 0.15) is 18.9 Å². The van der Waals surface area contributed by atoms with E-state index in [1.54, 1.807) is 37.3 Å². The Morgan fingerprint density at radius 2 is 1.93 bits per heavy atom. The van der Waals surface area contributed by atoms with Gasteiger partial charge >= 0.3 is 6.03 Å². The zero-order valence-electron chi connectivity index (χ0n) is 14.5. The van der Waals surface area contributed by atoms with Crippen molar-refractivity contribution in [1.29, 1.82) is 0 Å². The molecule has 8 heteroatoms. The number of nitrogens with zero attached hydrogens (tertiary/aromatic N) is 1. The lowest BCUT2D eigenvalue weighted by Crippen LogP contribution is -2.44. The SMILES string of the molecule is CC[C@]1(c2ccccc2)NC(=O)N(CC(=O)Nc2cc(Cl)ccc2F)C1=O. The van der Waals surface area contributed by atoms with E-state index in [4.69, 9.17) is 11.6 Å². The Hall–Kier alpha value is -2.93. The van der Waals surface area contributed by atoms with Crippen LogP contribution in [-0.4, -0.2) is 29.3 Å². The van der Waals surface area contributed by atoms with Crippen LogP contribution in [0.15, 0.2) is 48.5 Å². The monoisotopic (exact) mass is 389 g/mol. The summed E-state index contributed by atoms with van der Waals surface area (Å²) in [6, 6.07) is 11.9. The van der Waals surface area contributed by atoms with Crippen molar-refractivity contribution in [3.8, 4) is 0 Å². The second kappa shape index (κ2) is 7.36. The normalized spacial score (nSPS) is 19.1. The molecule has 0 bridgehead atoms. The van der Waals surface area contributed by atoms with E-state index < -0.39 is 35.7 Å². The van der Waals surface area contributed by atoms with Gasteiger partial charge in [-0.05, 0) is 30.2 Å². The van der Waals surface area contributed by atoms with E-state index in [2.05, 4.69) is 10.6 Å². The number of hydrogen-bond donors (Lipinski definition) is 2. The van der Waals surface area contributed by atoms with Crippen LogP contribution < -0.4 is 10.6 Å². The molecule has 1 aliphatic heterocycles. The molecule has 0 aliphatic carbocycles. The maximum atomic E-state index is 13.8. The Bertz CT molecular complexity index is 906. The third-order valence-electron chi connectivity index (χ3n) is 4.48. The summed E-state index contributed by atoms with van der Waals surface area (Å²) in [5.41, 5.74) is -0.709. The fourth-order valence-electron chi connectivity index (χ4n) is 3.06. The number of rotatable bonds is 5. The van der Waals surface area contributed by atoms with E-state index in [0.717, 1.165) is 11.0 Å². The highest BCUT2D eigenvalue weighted by Crippen LogP contribution is 2.32. The summed E-state index contributed by atoms with van der Waals surface area (Å²) in [7, 11) is 0. The number of amides is 4. The summed E-state index contributed by atoms with van der Waals surface area (Å²) in [6.45, 7) is 1.24. The fourth-order valence-corrected chi connectivity index (χ4v) is 3.23. The first-order valence-corrected chi connectivity index (χ1v) is 8.69. The molecule has 0 saturated carbocycles. The van der Waals surface area contributed by atoms with Gasteiger partial charge in [-0.2, -0.15) is 0 Å². The molecule has 0 unspecified atom stereocenters. The number of anilines is 1. The molecule has 1 saturated heterocycles. The van der Waals surface area contributed by atoms with Gasteiger partial charge in [0.1, 0.15) is 17.9 Å². The molecule has 140 valence electrons. The highest BCUT2D eigenvalue weighted by molar-refractivity contribution is 6.30. The molecule has 2 aromatic rings. The average molecular weight is 390 g/mol. The second-order valence-electron chi connectivity index (χ2n) is 6.12. The first-order valence-electron chi connectivity index (χ1n) is 8.32. The van der Waals surface area contributed by atoms with Crippen LogP contribution in [0.5, 0.6) is 0 Å². The molecular weight excluding hydrogens is 373 g/mol. The van der Waals surface area contributed by atoms with E-state index in [0.29, 0.717) is 12.0 Å². The van der Waals surface area contributed by atoms with Crippen molar-refractivity contribution in [3.05, 3.63) is 64.9 Å². The van der Waals surface area contributed by atoms with Crippen molar-refractivity contribution in [2.24, 2.45) is 0 Å². The predicted molar refractivity (Wildman–Crippen MR) is 98.7 cm³/mol. The Labute approximate surface area is 160 Å². The number of carbonyl (C=O) groups excluding carboxylic acids is 3. The van der Waals surface area contributed by atoms with E-state index in [-0.39, 0.29) is 10.7 Å². The summed E-state index contributed by atoms with van der Waals surface area (Å²) in [5, 5.41) is 5.26. The number of urea groups is 1. The summed E-state index contributed by atoms with van der Waals surface area (Å²) in [6.07, 6.45) is 0.322. The van der Waals surface area contributed by atoms with Crippen molar-refractivity contribution in [1.82, 2.24) is 10.2 Å². The molecule has 0 spiro atoms. The van der Waals surface area contributed by atoms with E-state index >= 15 is 0 Å². The Morgan fingerprint density at radius 3 is 2.59 bits per heavy atom. The Kier molecular flexibility index (Phi) is 5.14. The third kappa shape index (κ3) is 3.50. The van der Waals surface area contributed by atoms with Crippen LogP contribution in [0.25, 0.3) is 0 Å². The lowest BCUT2D eigenvalue weighted by atomic mass is 9.87. The maximum absolute atomic E-state index is 13.8. The standard InChI is InChI=1S/C19H17ClFN3O3/c1-2-19(12-6-4-3-5-7-12)17(26)24(18(27)23-19)11-16(25)22-15-10-13(20)8-9-14(15)21/h3-10H,2,11H2,1H3,(H,22,25)(H,23,27)/t19-/m1/s1. The van der Waals surface area contributed by atoms with Gasteiger partial charge in [-0.1, -0.05) is 48.9 Å². The smallest absolute Gasteiger partial charge is 0.322 e. The molecule has 1 fully saturated rings. The number of benzene rings is 2. The lowest BCUT2D eigenvalue weighted by molar-refractivity contribution is -0.134. The van der Waals surface area contributed by atoms with Crippen molar-refractivity contribution in [2.75, 3.05) is 11.9 Å². The fraction of sp³-hybridized carbons (Fsp3) is 0.211. The molecular formula is C19H17ClFN3O3. The van der Waals surface area contributed by atoms with Gasteiger partial charge in [-0.3, -0.25) is 14.5 Å². The molecule has 1 aliphatic rings. The minimum absolute atomic E-state index is 0.121. The average Bonchev–Trinajstić information content (AvgIpc) is 2.90. The van der Waals surface area contributed by atoms with E-state index in [1.165, 1.54) is 12.1 Å². The Balaban J connectivity index is 1.79. The van der Waals surface area contributed by atoms with Crippen LogP contribution in [0.4, 0.5) is 14.9 Å². The lowest BCUT2D eigenvalue weighted by Gasteiger charge is -2.25. The molecule has 1 heterocycles. The molecule has 2 N–H and O–H groups in total. The molecule has 0 radical (unpaired) electrons. The van der Waals surface area contributed by atoms with Crippen molar-refractivity contribution < 1.29 is 18.8 Å². The van der Waals surface area contributed by atoms with Crippen LogP contribution in [-0.2, 0) is 15.1 Å². The van der Waals surface area contributed by atoms with Crippen molar-refractivity contribution in [2.45, 2.75) is 18.9 Å². The van der Waals surface area contributed by atoms with Crippen LogP contribution in [0.2, 0.25) is 5.02 Å². The maximum Gasteiger partial charge on any atom is 0.325 e. The zero-order chi connectivity index (χ0) is 19.6. The topological polar surface area (TPSA) is 78.5 Å². The zero-order valence-corrected chi connectivity index (χ0v) is 15.2. The second-order valence-corrected chi connectivity index (χ2v) is 6.56. The summed E-state index contributed by atoms with van der Waals surface area (Å²) in [4.78, 5) is 38.4. The first-order chi connectivity index (χ1) is 12.9. The number of hydrogen-bond acceptors (Lipinski definition) is 3. The van der Waals surface area contributed by atoms with Gasteiger partial charge in [-0.25, -0.2) is 9.18 Å². The van der Waals surface area contributed by atoms with Gasteiger partial charge < -0.3 is 10.6 Å². The number of imide groups is 1. The van der Waals surface area contributed by atoms with Crippen LogP contribution >= 0.6 is 11.6 Å². The minimum Gasteiger partial charge on any atom is -0.322 e. The summed E-state index contributed by atoms with van der Waals surface area (Å²) in [5.74, 6) is -1.90. The number of carbonyl (C=O) groups is 3. The van der Waals surface area contributed by atoms with Gasteiger partial charge in [0, 0.05) is 5.02 Å². The molecule has 27 heavy (non-hydrogen) atoms. The van der Waals surface area contributed by atoms with Crippen molar-refractivity contribution in [3.63, 3.8) is 0 Å². The van der Waals surface area contributed by atoms with Crippen molar-refractivity contribution >= 4 is 35.1 Å². The van der Waals surface area contributed by atoms with Gasteiger partial charge in [0.05, 0.1) is 5.69 Å². The predicted octanol–water partition coefficient (Wildman–Crippen LogP) is 3.27. The molecule has 3 rings (SSSR count). The van der Waals surface area contributed by atoms with Gasteiger partial charge in [0.25, 0.3) is 5.91 Å². The molecule has 2 aromatic carbocycles. The molecule has 4 amide bonds. The first kappa shape index (κ1) is 18.8. The number of nitrogens with one attached hydrogen (secondary N) is 2. The third-order valence-corrected chi connectivity index (χ3v) is 4.71. The van der Waals surface area contributed by atoms with Gasteiger partial charge in [-0.15, -0.1) is 0 Å². The van der Waals surface area contributed by atoms with Gasteiger partial charge in [0.2, 0.25) is 5.91 Å². The molecule has 6 nitrogen and oxygen atoms in total. The molecule has 1 atom stereocenters. The summed E-state index contributed by atoms with van der Waals surface area (Å²) >= 11 is 5.79. The van der Waals surface area contributed by atoms with E-state index in [1.807, 2.05) is 0 Å². The highest BCUT2D eigenvalue weighted by Gasteiger charge is 2.51. The van der Waals surface area contributed by atoms with Crippen LogP contribution in [0, 0.1) is 5.82 Å². The van der Waals surface area contributed by atoms with Gasteiger partial charge in [0.15, 0.2) is 0 Å². The summed E-state index contributed by atoms with van der Waals surface area (Å²) < 4.78 is 13.8. The minimum atomic E-state index is -1.22. The number of halogens is 2. The Morgan fingerprint density at radius 1 is 1.22 bits per heavy atom. The van der Waals surface area contributed by atoms with E-state index in [9.17, 15) is 18.8 Å². The quantitative estimate of drug-likeness (QED) is 0.770. The highest BCUT2D eigenvalue weighted by atomic mass is 35.5. The van der Waals surface area contributed by atoms with Crippen LogP contribution in [0.3, 0.4) is 0 Å². The molecule has 0 aromatic heterocycles. The largest absolute Gasteiger partial charge is 0.325 e.